The molecule has 7 unspecified atom stereocenters. The third-order valence-corrected chi connectivity index (χ3v) is 12.3. The predicted octanol–water partition coefficient (Wildman–Crippen LogP) is 9.14. The molecule has 4 aliphatic carbocycles. The minimum atomic E-state index is 0.642. The molecule has 4 fully saturated rings. The monoisotopic (exact) mass is 467 g/mol. The standard InChI is InChI=1S/C31H49NS/c1-4-23-22-26-28-17-16-24(12-9-11-21-32-33-25-13-6-5-7-14-25)30(28,2)20-18-29(26)31(3)19-10-8-15-27(23)31/h5-7,13-14,23-24,26-29,32H,4,8-12,15-22H2,1-3H3/t23-,24?,26?,27?,28?,29?,30?,31?/m0/s1. The molecule has 0 heterocycles. The van der Waals surface area contributed by atoms with Crippen LogP contribution in [0.2, 0.25) is 0 Å². The molecule has 5 rings (SSSR count). The van der Waals surface area contributed by atoms with Crippen LogP contribution < -0.4 is 4.72 Å². The molecule has 0 aliphatic heterocycles. The van der Waals surface area contributed by atoms with E-state index in [0.717, 1.165) is 42.1 Å². The van der Waals surface area contributed by atoms with Gasteiger partial charge in [-0.05, 0) is 128 Å². The van der Waals surface area contributed by atoms with Crippen molar-refractivity contribution in [2.75, 3.05) is 6.54 Å². The number of hydrogen-bond donors (Lipinski definition) is 1. The fraction of sp³-hybridized carbons (Fsp3) is 0.806. The SMILES string of the molecule is CC[C@H]1CC2C3CCC(CCCCNSc4ccccc4)C3(C)CCC2C2(C)CCCCC12. The van der Waals surface area contributed by atoms with Crippen LogP contribution in [0.3, 0.4) is 0 Å². The molecular weight excluding hydrogens is 418 g/mol. The zero-order valence-electron chi connectivity index (χ0n) is 21.7. The number of rotatable bonds is 8. The van der Waals surface area contributed by atoms with Crippen molar-refractivity contribution in [1.82, 2.24) is 4.72 Å². The summed E-state index contributed by atoms with van der Waals surface area (Å²) in [4.78, 5) is 1.33. The lowest BCUT2D eigenvalue weighted by Crippen LogP contribution is -2.55. The van der Waals surface area contributed by atoms with Gasteiger partial charge in [0.1, 0.15) is 0 Å². The summed E-state index contributed by atoms with van der Waals surface area (Å²) in [5, 5.41) is 0. The molecule has 1 N–H and O–H groups in total. The van der Waals surface area contributed by atoms with Gasteiger partial charge in [0.25, 0.3) is 0 Å². The molecule has 0 amide bonds. The van der Waals surface area contributed by atoms with Crippen molar-refractivity contribution >= 4 is 11.9 Å². The predicted molar refractivity (Wildman–Crippen MR) is 143 cm³/mol. The third kappa shape index (κ3) is 4.57. The number of benzene rings is 1. The van der Waals surface area contributed by atoms with Crippen LogP contribution in [-0.2, 0) is 0 Å². The van der Waals surface area contributed by atoms with E-state index < -0.39 is 0 Å². The van der Waals surface area contributed by atoms with Gasteiger partial charge in [-0.15, -0.1) is 0 Å². The molecule has 2 heteroatoms. The van der Waals surface area contributed by atoms with E-state index in [0.29, 0.717) is 10.8 Å². The van der Waals surface area contributed by atoms with Crippen molar-refractivity contribution in [2.45, 2.75) is 109 Å². The molecule has 1 nitrogen and oxygen atoms in total. The third-order valence-electron chi connectivity index (χ3n) is 11.5. The minimum Gasteiger partial charge on any atom is -0.260 e. The summed E-state index contributed by atoms with van der Waals surface area (Å²) in [7, 11) is 0. The Kier molecular flexibility index (Phi) is 7.53. The fourth-order valence-electron chi connectivity index (χ4n) is 9.81. The smallest absolute Gasteiger partial charge is 0.0228 e. The summed E-state index contributed by atoms with van der Waals surface area (Å²) < 4.78 is 3.59. The highest BCUT2D eigenvalue weighted by Crippen LogP contribution is 2.69. The number of hydrogen-bond acceptors (Lipinski definition) is 2. The molecule has 0 bridgehead atoms. The van der Waals surface area contributed by atoms with Crippen molar-refractivity contribution in [3.63, 3.8) is 0 Å². The minimum absolute atomic E-state index is 0.642. The molecule has 4 aliphatic rings. The Morgan fingerprint density at radius 1 is 0.879 bits per heavy atom. The summed E-state index contributed by atoms with van der Waals surface area (Å²) in [5.41, 5.74) is 1.31. The van der Waals surface area contributed by atoms with E-state index in [4.69, 9.17) is 0 Å². The molecule has 184 valence electrons. The van der Waals surface area contributed by atoms with Gasteiger partial charge in [-0.3, -0.25) is 4.72 Å². The van der Waals surface area contributed by atoms with E-state index in [-0.39, 0.29) is 0 Å². The van der Waals surface area contributed by atoms with E-state index in [9.17, 15) is 0 Å². The molecular formula is C31H49NS. The first kappa shape index (κ1) is 24.2. The summed E-state index contributed by atoms with van der Waals surface area (Å²) in [6.45, 7) is 9.13. The second kappa shape index (κ2) is 10.3. The van der Waals surface area contributed by atoms with Crippen molar-refractivity contribution in [3.05, 3.63) is 30.3 Å². The molecule has 0 aromatic heterocycles. The summed E-state index contributed by atoms with van der Waals surface area (Å²) in [6.07, 6.45) is 19.5. The Balaban J connectivity index is 1.16. The van der Waals surface area contributed by atoms with Crippen LogP contribution in [0.25, 0.3) is 0 Å². The topological polar surface area (TPSA) is 12.0 Å². The van der Waals surface area contributed by atoms with Crippen LogP contribution in [0, 0.1) is 46.3 Å². The maximum absolute atomic E-state index is 3.59. The maximum Gasteiger partial charge on any atom is 0.0228 e. The quantitative estimate of drug-likeness (QED) is 0.302. The second-order valence-electron chi connectivity index (χ2n) is 12.8. The van der Waals surface area contributed by atoms with Crippen molar-refractivity contribution < 1.29 is 0 Å². The Hall–Kier alpha value is -0.470. The molecule has 0 spiro atoms. The van der Waals surface area contributed by atoms with E-state index in [1.807, 2.05) is 0 Å². The van der Waals surface area contributed by atoms with Gasteiger partial charge in [-0.1, -0.05) is 64.7 Å². The fourth-order valence-corrected chi connectivity index (χ4v) is 10.5. The average Bonchev–Trinajstić information content (AvgIpc) is 3.17. The normalized spacial score (nSPS) is 42.4. The molecule has 4 saturated carbocycles. The Bertz CT molecular complexity index is 763. The lowest BCUT2D eigenvalue weighted by atomic mass is 9.42. The molecule has 33 heavy (non-hydrogen) atoms. The second-order valence-corrected chi connectivity index (χ2v) is 13.7. The van der Waals surface area contributed by atoms with E-state index in [2.05, 4.69) is 55.8 Å². The Morgan fingerprint density at radius 2 is 1.70 bits per heavy atom. The first-order valence-electron chi connectivity index (χ1n) is 14.5. The van der Waals surface area contributed by atoms with E-state index in [1.165, 1.54) is 62.7 Å². The number of unbranched alkanes of at least 4 members (excludes halogenated alkanes) is 1. The van der Waals surface area contributed by atoms with Crippen molar-refractivity contribution in [2.24, 2.45) is 46.3 Å². The van der Waals surface area contributed by atoms with Gasteiger partial charge in [0.15, 0.2) is 0 Å². The molecule has 1 aromatic carbocycles. The van der Waals surface area contributed by atoms with Gasteiger partial charge >= 0.3 is 0 Å². The Morgan fingerprint density at radius 3 is 2.52 bits per heavy atom. The van der Waals surface area contributed by atoms with E-state index >= 15 is 0 Å². The molecule has 1 aromatic rings. The van der Waals surface area contributed by atoms with Crippen LogP contribution >= 0.6 is 11.9 Å². The number of nitrogens with one attached hydrogen (secondary N) is 1. The van der Waals surface area contributed by atoms with Gasteiger partial charge in [0.05, 0.1) is 0 Å². The largest absolute Gasteiger partial charge is 0.260 e. The first-order chi connectivity index (χ1) is 16.1. The lowest BCUT2D eigenvalue weighted by molar-refractivity contribution is -0.135. The molecule has 0 radical (unpaired) electrons. The summed E-state index contributed by atoms with van der Waals surface area (Å²) in [6, 6.07) is 10.7. The lowest BCUT2D eigenvalue weighted by Gasteiger charge is -2.62. The summed E-state index contributed by atoms with van der Waals surface area (Å²) in [5.74, 6) is 6.17. The zero-order chi connectivity index (χ0) is 22.9. The summed E-state index contributed by atoms with van der Waals surface area (Å²) >= 11 is 1.79. The average molecular weight is 468 g/mol. The highest BCUT2D eigenvalue weighted by molar-refractivity contribution is 7.97. The molecule has 8 atom stereocenters. The van der Waals surface area contributed by atoms with Crippen molar-refractivity contribution in [1.29, 1.82) is 0 Å². The zero-order valence-corrected chi connectivity index (χ0v) is 22.5. The van der Waals surface area contributed by atoms with E-state index in [1.54, 1.807) is 37.6 Å². The van der Waals surface area contributed by atoms with Crippen LogP contribution in [0.4, 0.5) is 0 Å². The first-order valence-corrected chi connectivity index (χ1v) is 15.3. The highest BCUT2D eigenvalue weighted by atomic mass is 32.2. The molecule has 0 saturated heterocycles. The van der Waals surface area contributed by atoms with Gasteiger partial charge in [-0.2, -0.15) is 0 Å². The van der Waals surface area contributed by atoms with Crippen LogP contribution in [0.15, 0.2) is 35.2 Å². The van der Waals surface area contributed by atoms with Gasteiger partial charge in [0.2, 0.25) is 0 Å². The number of fused-ring (bicyclic) bond motifs is 5. The van der Waals surface area contributed by atoms with Crippen LogP contribution in [0.1, 0.15) is 104 Å². The Labute approximate surface area is 208 Å². The van der Waals surface area contributed by atoms with Gasteiger partial charge in [0, 0.05) is 11.4 Å². The van der Waals surface area contributed by atoms with Crippen LogP contribution in [-0.4, -0.2) is 6.54 Å². The van der Waals surface area contributed by atoms with Gasteiger partial charge in [-0.25, -0.2) is 0 Å². The van der Waals surface area contributed by atoms with Gasteiger partial charge < -0.3 is 0 Å². The van der Waals surface area contributed by atoms with Crippen LogP contribution in [0.5, 0.6) is 0 Å². The highest BCUT2D eigenvalue weighted by Gasteiger charge is 2.60. The maximum atomic E-state index is 3.59. The van der Waals surface area contributed by atoms with Crippen molar-refractivity contribution in [3.8, 4) is 0 Å².